The molecule has 0 atom stereocenters. The zero-order valence-electron chi connectivity index (χ0n) is 20.0. The summed E-state index contributed by atoms with van der Waals surface area (Å²) in [6.45, 7) is 2.61. The lowest BCUT2D eigenvalue weighted by molar-refractivity contribution is -0.137. The number of aliphatic carboxylic acids is 1. The predicted molar refractivity (Wildman–Crippen MR) is 142 cm³/mol. The Labute approximate surface area is 204 Å². The van der Waals surface area contributed by atoms with Crippen LogP contribution in [0.15, 0.2) is 48.5 Å². The van der Waals surface area contributed by atoms with Crippen molar-refractivity contribution in [2.24, 2.45) is 0 Å². The summed E-state index contributed by atoms with van der Waals surface area (Å²) in [6.07, 6.45) is 13.1. The van der Waals surface area contributed by atoms with Gasteiger partial charge < -0.3 is 15.2 Å². The Kier molecular flexibility index (Phi) is 13.2. The first-order valence-corrected chi connectivity index (χ1v) is 12.8. The number of carboxylic acid groups (broad SMARTS) is 1. The summed E-state index contributed by atoms with van der Waals surface area (Å²) in [5.74, 6) is -0.104. The van der Waals surface area contributed by atoms with E-state index < -0.39 is 5.97 Å². The molecule has 2 rings (SSSR count). The lowest BCUT2D eigenvalue weighted by Crippen LogP contribution is -2.11. The van der Waals surface area contributed by atoms with Crippen molar-refractivity contribution in [2.75, 3.05) is 11.9 Å². The number of rotatable bonds is 17. The van der Waals surface area contributed by atoms with Crippen molar-refractivity contribution in [3.63, 3.8) is 0 Å². The van der Waals surface area contributed by atoms with E-state index in [1.807, 2.05) is 30.3 Å². The fourth-order valence-corrected chi connectivity index (χ4v) is 4.03. The minimum Gasteiger partial charge on any atom is -0.491 e. The van der Waals surface area contributed by atoms with Crippen LogP contribution in [0.5, 0.6) is 5.75 Å². The van der Waals surface area contributed by atoms with Crippen molar-refractivity contribution in [3.05, 3.63) is 48.5 Å². The number of thiocarbonyl (C=S) groups is 1. The second kappa shape index (κ2) is 16.2. The average molecular weight is 470 g/mol. The monoisotopic (exact) mass is 469 g/mol. The standard InChI is InChI=1S/C28H39NO3S/c1-2-3-4-5-6-7-8-9-13-17-27(33)29-25-22-24(23-15-11-10-12-16-23)19-20-26(25)32-21-14-18-28(30)31/h10-12,15-16,19-20,22H,2-9,13-14,17-18,21H2,1H3,(H,29,33)(H,30,31). The molecule has 0 bridgehead atoms. The van der Waals surface area contributed by atoms with Gasteiger partial charge in [0.05, 0.1) is 17.3 Å². The first-order chi connectivity index (χ1) is 16.1. The van der Waals surface area contributed by atoms with E-state index in [2.05, 4.69) is 30.4 Å². The molecule has 0 heterocycles. The molecule has 2 N–H and O–H groups in total. The molecule has 180 valence electrons. The number of benzene rings is 2. The van der Waals surface area contributed by atoms with Crippen LogP contribution in [0, 0.1) is 0 Å². The molecule has 0 saturated heterocycles. The summed E-state index contributed by atoms with van der Waals surface area (Å²) in [7, 11) is 0. The maximum absolute atomic E-state index is 10.8. The lowest BCUT2D eigenvalue weighted by Gasteiger charge is -2.16. The smallest absolute Gasteiger partial charge is 0.303 e. The van der Waals surface area contributed by atoms with Crippen molar-refractivity contribution in [2.45, 2.75) is 84.0 Å². The molecule has 0 radical (unpaired) electrons. The highest BCUT2D eigenvalue weighted by molar-refractivity contribution is 7.80. The van der Waals surface area contributed by atoms with Gasteiger partial charge in [0.25, 0.3) is 0 Å². The Morgan fingerprint density at radius 3 is 2.18 bits per heavy atom. The summed E-state index contributed by atoms with van der Waals surface area (Å²) >= 11 is 5.63. The van der Waals surface area contributed by atoms with E-state index >= 15 is 0 Å². The quantitative estimate of drug-likeness (QED) is 0.180. The number of hydrogen-bond acceptors (Lipinski definition) is 3. The summed E-state index contributed by atoms with van der Waals surface area (Å²) in [4.78, 5) is 11.6. The van der Waals surface area contributed by atoms with Crippen LogP contribution in [0.4, 0.5) is 5.69 Å². The second-order valence-corrected chi connectivity index (χ2v) is 9.04. The van der Waals surface area contributed by atoms with Gasteiger partial charge in [0.15, 0.2) is 0 Å². The van der Waals surface area contributed by atoms with Gasteiger partial charge >= 0.3 is 5.97 Å². The molecular formula is C28H39NO3S. The van der Waals surface area contributed by atoms with Gasteiger partial charge in [0.1, 0.15) is 5.75 Å². The number of unbranched alkanes of at least 4 members (excludes halogenated alkanes) is 8. The Hall–Kier alpha value is -2.40. The molecule has 0 spiro atoms. The van der Waals surface area contributed by atoms with Crippen LogP contribution in [0.2, 0.25) is 0 Å². The van der Waals surface area contributed by atoms with E-state index in [-0.39, 0.29) is 6.42 Å². The highest BCUT2D eigenvalue weighted by Crippen LogP contribution is 2.31. The van der Waals surface area contributed by atoms with Crippen LogP contribution in [0.25, 0.3) is 11.1 Å². The minimum atomic E-state index is -0.807. The molecule has 0 aliphatic heterocycles. The Balaban J connectivity index is 1.87. The van der Waals surface area contributed by atoms with Gasteiger partial charge in [-0.05, 0) is 42.5 Å². The zero-order chi connectivity index (χ0) is 23.7. The molecule has 33 heavy (non-hydrogen) atoms. The van der Waals surface area contributed by atoms with E-state index in [1.165, 1.54) is 51.4 Å². The molecule has 0 amide bonds. The highest BCUT2D eigenvalue weighted by atomic mass is 32.1. The maximum atomic E-state index is 10.8. The molecule has 2 aromatic carbocycles. The van der Waals surface area contributed by atoms with Gasteiger partial charge in [0, 0.05) is 6.42 Å². The number of carboxylic acids is 1. The molecule has 0 saturated carbocycles. The molecule has 0 aliphatic carbocycles. The number of nitrogens with one attached hydrogen (secondary N) is 1. The van der Waals surface area contributed by atoms with Gasteiger partial charge in [-0.1, -0.05) is 107 Å². The minimum absolute atomic E-state index is 0.0991. The summed E-state index contributed by atoms with van der Waals surface area (Å²) < 4.78 is 5.89. The molecule has 5 heteroatoms. The van der Waals surface area contributed by atoms with E-state index in [0.717, 1.165) is 34.6 Å². The van der Waals surface area contributed by atoms with Crippen LogP contribution in [0.1, 0.15) is 84.0 Å². The summed E-state index contributed by atoms with van der Waals surface area (Å²) in [5.41, 5.74) is 3.05. The Morgan fingerprint density at radius 1 is 0.848 bits per heavy atom. The van der Waals surface area contributed by atoms with Gasteiger partial charge in [-0.15, -0.1) is 0 Å². The van der Waals surface area contributed by atoms with Crippen molar-refractivity contribution in [1.29, 1.82) is 0 Å². The third-order valence-electron chi connectivity index (χ3n) is 5.66. The topological polar surface area (TPSA) is 58.6 Å². The van der Waals surface area contributed by atoms with E-state index in [4.69, 9.17) is 22.1 Å². The molecular weight excluding hydrogens is 430 g/mol. The normalized spacial score (nSPS) is 10.7. The predicted octanol–water partition coefficient (Wildman–Crippen LogP) is 8.26. The fraction of sp³-hybridized carbons (Fsp3) is 0.500. The van der Waals surface area contributed by atoms with E-state index in [1.54, 1.807) is 0 Å². The molecule has 0 aliphatic rings. The van der Waals surface area contributed by atoms with Crippen LogP contribution >= 0.6 is 12.2 Å². The number of carbonyl (C=O) groups is 1. The fourth-order valence-electron chi connectivity index (χ4n) is 3.78. The summed E-state index contributed by atoms with van der Waals surface area (Å²) in [5, 5.41) is 12.2. The van der Waals surface area contributed by atoms with Gasteiger partial charge in [-0.25, -0.2) is 0 Å². The van der Waals surface area contributed by atoms with Crippen LogP contribution in [0.3, 0.4) is 0 Å². The highest BCUT2D eigenvalue weighted by Gasteiger charge is 2.09. The Bertz CT molecular complexity index is 838. The largest absolute Gasteiger partial charge is 0.491 e. The first-order valence-electron chi connectivity index (χ1n) is 12.4. The van der Waals surface area contributed by atoms with Crippen molar-refractivity contribution >= 4 is 28.9 Å². The van der Waals surface area contributed by atoms with E-state index in [0.29, 0.717) is 18.8 Å². The molecule has 2 aromatic rings. The van der Waals surface area contributed by atoms with Crippen LogP contribution in [-0.2, 0) is 4.79 Å². The van der Waals surface area contributed by atoms with Crippen molar-refractivity contribution in [1.82, 2.24) is 0 Å². The summed E-state index contributed by atoms with van der Waals surface area (Å²) in [6, 6.07) is 16.2. The molecule has 0 unspecified atom stereocenters. The third-order valence-corrected chi connectivity index (χ3v) is 5.97. The molecule has 0 aromatic heterocycles. The molecule has 4 nitrogen and oxygen atoms in total. The van der Waals surface area contributed by atoms with Crippen LogP contribution < -0.4 is 10.1 Å². The third kappa shape index (κ3) is 11.3. The maximum Gasteiger partial charge on any atom is 0.303 e. The SMILES string of the molecule is CCCCCCCCCCCC(=S)Nc1cc(-c2ccccc2)ccc1OCCCC(=O)O. The lowest BCUT2D eigenvalue weighted by atomic mass is 10.0. The number of ether oxygens (including phenoxy) is 1. The van der Waals surface area contributed by atoms with E-state index in [9.17, 15) is 4.79 Å². The van der Waals surface area contributed by atoms with Crippen molar-refractivity contribution < 1.29 is 14.6 Å². The van der Waals surface area contributed by atoms with Gasteiger partial charge in [-0.2, -0.15) is 0 Å². The Morgan fingerprint density at radius 2 is 1.52 bits per heavy atom. The second-order valence-electron chi connectivity index (χ2n) is 8.55. The van der Waals surface area contributed by atoms with Crippen LogP contribution in [-0.4, -0.2) is 22.7 Å². The molecule has 0 fully saturated rings. The van der Waals surface area contributed by atoms with Gasteiger partial charge in [-0.3, -0.25) is 4.79 Å². The average Bonchev–Trinajstić information content (AvgIpc) is 2.82. The van der Waals surface area contributed by atoms with Crippen molar-refractivity contribution in [3.8, 4) is 16.9 Å². The number of hydrogen-bond donors (Lipinski definition) is 2. The first kappa shape index (κ1) is 26.8. The number of anilines is 1. The van der Waals surface area contributed by atoms with Gasteiger partial charge in [0.2, 0.25) is 0 Å². The zero-order valence-corrected chi connectivity index (χ0v) is 20.8.